The number of rotatable bonds is 4. The molecule has 1 N–H and O–H groups in total. The Bertz CT molecular complexity index is 303. The highest BCUT2D eigenvalue weighted by atomic mass is 79.9. The first kappa shape index (κ1) is 9.99. The first-order chi connectivity index (χ1) is 6.92. The van der Waals surface area contributed by atoms with E-state index in [4.69, 9.17) is 4.74 Å². The van der Waals surface area contributed by atoms with Crippen LogP contribution in [0.3, 0.4) is 0 Å². The highest BCUT2D eigenvalue weighted by Crippen LogP contribution is 2.32. The lowest BCUT2D eigenvalue weighted by molar-refractivity contribution is 0.327. The highest BCUT2D eigenvalue weighted by Gasteiger charge is 2.22. The van der Waals surface area contributed by atoms with Gasteiger partial charge in [-0.2, -0.15) is 0 Å². The van der Waals surface area contributed by atoms with Gasteiger partial charge < -0.3 is 10.1 Å². The van der Waals surface area contributed by atoms with Crippen molar-refractivity contribution in [1.29, 1.82) is 0 Å². The molecule has 0 saturated heterocycles. The van der Waals surface area contributed by atoms with Gasteiger partial charge in [-0.1, -0.05) is 34.1 Å². The predicted octanol–water partition coefficient (Wildman–Crippen LogP) is 2.15. The average molecular weight is 256 g/mol. The summed E-state index contributed by atoms with van der Waals surface area (Å²) in [5, 5.41) is 4.39. The Balaban J connectivity index is 1.96. The summed E-state index contributed by atoms with van der Waals surface area (Å²) >= 11 is 3.40. The third kappa shape index (κ3) is 2.10. The van der Waals surface area contributed by atoms with E-state index in [1.165, 1.54) is 5.56 Å². The van der Waals surface area contributed by atoms with Gasteiger partial charge in [0.2, 0.25) is 0 Å². The molecule has 76 valence electrons. The molecule has 0 aliphatic carbocycles. The van der Waals surface area contributed by atoms with Crippen LogP contribution in [-0.2, 0) is 0 Å². The van der Waals surface area contributed by atoms with Gasteiger partial charge >= 0.3 is 0 Å². The summed E-state index contributed by atoms with van der Waals surface area (Å²) in [7, 11) is 0. The number of hydrogen-bond donors (Lipinski definition) is 1. The fraction of sp³-hybridized carbons (Fsp3) is 0.455. The Morgan fingerprint density at radius 1 is 1.43 bits per heavy atom. The molecular weight excluding hydrogens is 242 g/mol. The summed E-state index contributed by atoms with van der Waals surface area (Å²) in [6.45, 7) is 2.83. The topological polar surface area (TPSA) is 21.3 Å². The first-order valence-corrected chi connectivity index (χ1v) is 6.02. The van der Waals surface area contributed by atoms with Crippen LogP contribution in [0, 0.1) is 0 Å². The van der Waals surface area contributed by atoms with E-state index in [1.807, 2.05) is 12.1 Å². The summed E-state index contributed by atoms with van der Waals surface area (Å²) < 4.78 is 5.59. The SMILES string of the molecule is BrCCNCC1COc2ccccc21. The van der Waals surface area contributed by atoms with Crippen LogP contribution in [0.15, 0.2) is 24.3 Å². The molecule has 0 fully saturated rings. The van der Waals surface area contributed by atoms with Gasteiger partial charge in [0.25, 0.3) is 0 Å². The summed E-state index contributed by atoms with van der Waals surface area (Å²) in [5.74, 6) is 1.57. The van der Waals surface area contributed by atoms with E-state index in [-0.39, 0.29) is 0 Å². The van der Waals surface area contributed by atoms with Crippen molar-refractivity contribution >= 4 is 15.9 Å². The minimum absolute atomic E-state index is 0.519. The van der Waals surface area contributed by atoms with Crippen LogP contribution in [0.5, 0.6) is 5.75 Å². The van der Waals surface area contributed by atoms with Crippen LogP contribution in [-0.4, -0.2) is 25.0 Å². The van der Waals surface area contributed by atoms with E-state index in [0.29, 0.717) is 5.92 Å². The van der Waals surface area contributed by atoms with E-state index in [9.17, 15) is 0 Å². The molecule has 0 radical (unpaired) electrons. The average Bonchev–Trinajstić information content (AvgIpc) is 2.63. The van der Waals surface area contributed by atoms with Crippen molar-refractivity contribution in [3.8, 4) is 5.75 Å². The molecule has 0 amide bonds. The number of hydrogen-bond acceptors (Lipinski definition) is 2. The van der Waals surface area contributed by atoms with Crippen LogP contribution in [0.2, 0.25) is 0 Å². The molecule has 0 bridgehead atoms. The van der Waals surface area contributed by atoms with Gasteiger partial charge in [-0.3, -0.25) is 0 Å². The second-order valence-electron chi connectivity index (χ2n) is 3.44. The van der Waals surface area contributed by atoms with Crippen molar-refractivity contribution < 1.29 is 4.74 Å². The molecule has 1 aromatic rings. The van der Waals surface area contributed by atoms with Crippen molar-refractivity contribution in [2.75, 3.05) is 25.0 Å². The lowest BCUT2D eigenvalue weighted by atomic mass is 10.0. The Labute approximate surface area is 92.8 Å². The van der Waals surface area contributed by atoms with Gasteiger partial charge in [-0.15, -0.1) is 0 Å². The largest absolute Gasteiger partial charge is 0.493 e. The quantitative estimate of drug-likeness (QED) is 0.658. The maximum Gasteiger partial charge on any atom is 0.122 e. The van der Waals surface area contributed by atoms with E-state index in [2.05, 4.69) is 33.4 Å². The van der Waals surface area contributed by atoms with Crippen molar-refractivity contribution in [3.05, 3.63) is 29.8 Å². The zero-order chi connectivity index (χ0) is 9.80. The van der Waals surface area contributed by atoms with E-state index >= 15 is 0 Å². The van der Waals surface area contributed by atoms with Gasteiger partial charge in [0.1, 0.15) is 5.75 Å². The molecule has 1 aliphatic heterocycles. The van der Waals surface area contributed by atoms with Gasteiger partial charge in [-0.25, -0.2) is 0 Å². The molecule has 1 heterocycles. The van der Waals surface area contributed by atoms with Crippen LogP contribution < -0.4 is 10.1 Å². The highest BCUT2D eigenvalue weighted by molar-refractivity contribution is 9.09. The van der Waals surface area contributed by atoms with Crippen molar-refractivity contribution in [2.45, 2.75) is 5.92 Å². The van der Waals surface area contributed by atoms with E-state index in [0.717, 1.165) is 30.8 Å². The van der Waals surface area contributed by atoms with Crippen LogP contribution in [0.1, 0.15) is 11.5 Å². The number of alkyl halides is 1. The first-order valence-electron chi connectivity index (χ1n) is 4.90. The van der Waals surface area contributed by atoms with Crippen molar-refractivity contribution in [1.82, 2.24) is 5.32 Å². The maximum absolute atomic E-state index is 5.59. The summed E-state index contributed by atoms with van der Waals surface area (Å²) in [6, 6.07) is 8.29. The van der Waals surface area contributed by atoms with Crippen LogP contribution >= 0.6 is 15.9 Å². The van der Waals surface area contributed by atoms with Crippen molar-refractivity contribution in [2.24, 2.45) is 0 Å². The number of benzene rings is 1. The lowest BCUT2D eigenvalue weighted by Gasteiger charge is -2.08. The monoisotopic (exact) mass is 255 g/mol. The second kappa shape index (κ2) is 4.80. The standard InChI is InChI=1S/C11H14BrNO/c12-5-6-13-7-9-8-14-11-4-2-1-3-10(9)11/h1-4,9,13H,5-8H2. The molecule has 1 aliphatic rings. The Morgan fingerprint density at radius 2 is 2.29 bits per heavy atom. The Morgan fingerprint density at radius 3 is 3.14 bits per heavy atom. The molecule has 0 spiro atoms. The Hall–Kier alpha value is -0.540. The molecule has 1 aromatic carbocycles. The number of ether oxygens (including phenoxy) is 1. The molecule has 1 unspecified atom stereocenters. The maximum atomic E-state index is 5.59. The molecule has 0 saturated carbocycles. The molecular formula is C11H14BrNO. The van der Waals surface area contributed by atoms with Crippen molar-refractivity contribution in [3.63, 3.8) is 0 Å². The normalized spacial score (nSPS) is 19.1. The fourth-order valence-electron chi connectivity index (χ4n) is 1.74. The fourth-order valence-corrected chi connectivity index (χ4v) is 2.02. The van der Waals surface area contributed by atoms with Gasteiger partial charge in [0.15, 0.2) is 0 Å². The smallest absolute Gasteiger partial charge is 0.122 e. The zero-order valence-electron chi connectivity index (χ0n) is 8.00. The van der Waals surface area contributed by atoms with E-state index in [1.54, 1.807) is 0 Å². The second-order valence-corrected chi connectivity index (χ2v) is 4.23. The zero-order valence-corrected chi connectivity index (χ0v) is 9.59. The molecule has 2 rings (SSSR count). The minimum atomic E-state index is 0.519. The third-order valence-electron chi connectivity index (χ3n) is 2.46. The summed E-state index contributed by atoms with van der Waals surface area (Å²) in [5.41, 5.74) is 1.34. The van der Waals surface area contributed by atoms with Gasteiger partial charge in [0.05, 0.1) is 6.61 Å². The lowest BCUT2D eigenvalue weighted by Crippen LogP contribution is -2.24. The third-order valence-corrected chi connectivity index (χ3v) is 2.86. The number of para-hydroxylation sites is 1. The summed E-state index contributed by atoms with van der Waals surface area (Å²) in [6.07, 6.45) is 0. The van der Waals surface area contributed by atoms with E-state index < -0.39 is 0 Å². The molecule has 1 atom stereocenters. The predicted molar refractivity (Wildman–Crippen MR) is 61.3 cm³/mol. The van der Waals surface area contributed by atoms with Gasteiger partial charge in [-0.05, 0) is 6.07 Å². The molecule has 14 heavy (non-hydrogen) atoms. The minimum Gasteiger partial charge on any atom is -0.493 e. The molecule has 0 aromatic heterocycles. The summed E-state index contributed by atoms with van der Waals surface area (Å²) in [4.78, 5) is 0. The number of fused-ring (bicyclic) bond motifs is 1. The molecule has 3 heteroatoms. The molecule has 2 nitrogen and oxygen atoms in total. The van der Waals surface area contributed by atoms with Crippen LogP contribution in [0.4, 0.5) is 0 Å². The van der Waals surface area contributed by atoms with Gasteiger partial charge in [0, 0.05) is 29.9 Å². The van der Waals surface area contributed by atoms with Crippen LogP contribution in [0.25, 0.3) is 0 Å². The Kier molecular flexibility index (Phi) is 3.43. The number of nitrogens with one attached hydrogen (secondary N) is 1. The number of halogens is 1.